The fourth-order valence-electron chi connectivity index (χ4n) is 3.15. The molecular formula is C18H28N2O. The van der Waals surface area contributed by atoms with Crippen molar-refractivity contribution in [3.63, 3.8) is 0 Å². The highest BCUT2D eigenvalue weighted by Gasteiger charge is 2.38. The predicted molar refractivity (Wildman–Crippen MR) is 88.3 cm³/mol. The van der Waals surface area contributed by atoms with E-state index in [-0.39, 0.29) is 11.3 Å². The molecule has 1 aromatic rings. The van der Waals surface area contributed by atoms with Crippen LogP contribution in [-0.2, 0) is 11.2 Å². The fourth-order valence-corrected chi connectivity index (χ4v) is 3.15. The summed E-state index contributed by atoms with van der Waals surface area (Å²) in [7, 11) is 0. The Morgan fingerprint density at radius 2 is 1.86 bits per heavy atom. The van der Waals surface area contributed by atoms with Gasteiger partial charge < -0.3 is 11.1 Å². The highest BCUT2D eigenvalue weighted by atomic mass is 16.2. The molecule has 2 rings (SSSR count). The molecule has 0 atom stereocenters. The van der Waals surface area contributed by atoms with Crippen molar-refractivity contribution in [3.8, 4) is 0 Å². The Balaban J connectivity index is 1.98. The van der Waals surface area contributed by atoms with Gasteiger partial charge in [-0.1, -0.05) is 44.7 Å². The smallest absolute Gasteiger partial charge is 0.231 e. The second kappa shape index (κ2) is 7.60. The average molecular weight is 288 g/mol. The summed E-state index contributed by atoms with van der Waals surface area (Å²) in [6.07, 6.45) is 8.81. The number of unbranched alkanes of at least 4 members (excludes halogenated alkanes) is 1. The molecule has 1 aliphatic rings. The van der Waals surface area contributed by atoms with Crippen molar-refractivity contribution in [2.45, 2.75) is 58.3 Å². The van der Waals surface area contributed by atoms with Gasteiger partial charge in [0.2, 0.25) is 5.91 Å². The van der Waals surface area contributed by atoms with Crippen molar-refractivity contribution < 1.29 is 4.79 Å². The maximum atomic E-state index is 12.6. The Bertz CT molecular complexity index is 447. The van der Waals surface area contributed by atoms with E-state index in [9.17, 15) is 4.79 Å². The van der Waals surface area contributed by atoms with Crippen molar-refractivity contribution in [2.75, 3.05) is 11.9 Å². The van der Waals surface area contributed by atoms with E-state index < -0.39 is 0 Å². The Kier molecular flexibility index (Phi) is 5.80. The quantitative estimate of drug-likeness (QED) is 0.834. The van der Waals surface area contributed by atoms with Crippen molar-refractivity contribution in [3.05, 3.63) is 29.8 Å². The SMILES string of the molecule is CCCCc1ccc(NC(=O)C2(CN)CCCCC2)cc1. The minimum absolute atomic E-state index is 0.103. The van der Waals surface area contributed by atoms with Gasteiger partial charge in [-0.25, -0.2) is 0 Å². The summed E-state index contributed by atoms with van der Waals surface area (Å²) in [5.74, 6) is 0.103. The number of rotatable bonds is 6. The summed E-state index contributed by atoms with van der Waals surface area (Å²) in [5.41, 5.74) is 7.78. The second-order valence-corrected chi connectivity index (χ2v) is 6.30. The average Bonchev–Trinajstić information content (AvgIpc) is 2.54. The van der Waals surface area contributed by atoms with E-state index in [0.29, 0.717) is 6.54 Å². The monoisotopic (exact) mass is 288 g/mol. The molecule has 0 aliphatic heterocycles. The number of carbonyl (C=O) groups is 1. The van der Waals surface area contributed by atoms with Gasteiger partial charge in [0.05, 0.1) is 5.41 Å². The number of carbonyl (C=O) groups excluding carboxylic acids is 1. The minimum atomic E-state index is -0.348. The number of hydrogen-bond donors (Lipinski definition) is 2. The van der Waals surface area contributed by atoms with Crippen molar-refractivity contribution in [1.29, 1.82) is 0 Å². The van der Waals surface area contributed by atoms with Gasteiger partial charge >= 0.3 is 0 Å². The van der Waals surface area contributed by atoms with Gasteiger partial charge in [0, 0.05) is 12.2 Å². The van der Waals surface area contributed by atoms with Crippen LogP contribution < -0.4 is 11.1 Å². The topological polar surface area (TPSA) is 55.1 Å². The number of amides is 1. The zero-order valence-corrected chi connectivity index (χ0v) is 13.2. The number of nitrogens with two attached hydrogens (primary N) is 1. The van der Waals surface area contributed by atoms with Crippen molar-refractivity contribution >= 4 is 11.6 Å². The molecule has 0 radical (unpaired) electrons. The predicted octanol–water partition coefficient (Wildman–Crippen LogP) is 3.88. The lowest BCUT2D eigenvalue weighted by molar-refractivity contribution is -0.126. The van der Waals surface area contributed by atoms with Gasteiger partial charge in [0.1, 0.15) is 0 Å². The molecule has 0 aromatic heterocycles. The Labute approximate surface area is 128 Å². The molecule has 1 aromatic carbocycles. The Hall–Kier alpha value is -1.35. The maximum Gasteiger partial charge on any atom is 0.231 e. The van der Waals surface area contributed by atoms with E-state index in [1.165, 1.54) is 24.8 Å². The minimum Gasteiger partial charge on any atom is -0.329 e. The summed E-state index contributed by atoms with van der Waals surface area (Å²) in [5, 5.41) is 3.07. The molecule has 1 fully saturated rings. The Morgan fingerprint density at radius 1 is 1.19 bits per heavy atom. The van der Waals surface area contributed by atoms with E-state index in [0.717, 1.165) is 37.8 Å². The first-order chi connectivity index (χ1) is 10.2. The third kappa shape index (κ3) is 4.07. The van der Waals surface area contributed by atoms with E-state index >= 15 is 0 Å². The van der Waals surface area contributed by atoms with E-state index in [1.807, 2.05) is 12.1 Å². The van der Waals surface area contributed by atoms with Crippen LogP contribution in [0, 0.1) is 5.41 Å². The molecule has 1 saturated carbocycles. The summed E-state index contributed by atoms with van der Waals surface area (Å²) in [6, 6.07) is 8.24. The van der Waals surface area contributed by atoms with Crippen LogP contribution in [0.5, 0.6) is 0 Å². The molecule has 0 spiro atoms. The molecule has 21 heavy (non-hydrogen) atoms. The number of hydrogen-bond acceptors (Lipinski definition) is 2. The van der Waals surface area contributed by atoms with Gasteiger partial charge in [-0.15, -0.1) is 0 Å². The standard InChI is InChI=1S/C18H28N2O/c1-2-3-7-15-8-10-16(11-9-15)20-17(21)18(14-19)12-5-4-6-13-18/h8-11H,2-7,12-14,19H2,1H3,(H,20,21). The summed E-state index contributed by atoms with van der Waals surface area (Å²) < 4.78 is 0. The van der Waals surface area contributed by atoms with Crippen LogP contribution in [0.4, 0.5) is 5.69 Å². The van der Waals surface area contributed by atoms with Crippen LogP contribution in [0.25, 0.3) is 0 Å². The summed E-state index contributed by atoms with van der Waals surface area (Å²) in [6.45, 7) is 2.65. The maximum absolute atomic E-state index is 12.6. The lowest BCUT2D eigenvalue weighted by Crippen LogP contribution is -2.43. The molecular weight excluding hydrogens is 260 g/mol. The van der Waals surface area contributed by atoms with E-state index in [1.54, 1.807) is 0 Å². The normalized spacial score (nSPS) is 17.4. The van der Waals surface area contributed by atoms with Gasteiger partial charge in [-0.3, -0.25) is 4.79 Å². The number of nitrogens with one attached hydrogen (secondary N) is 1. The first-order valence-electron chi connectivity index (χ1n) is 8.31. The lowest BCUT2D eigenvalue weighted by atomic mass is 9.73. The highest BCUT2D eigenvalue weighted by Crippen LogP contribution is 2.36. The van der Waals surface area contributed by atoms with Gasteiger partial charge in [0.25, 0.3) is 0 Å². The molecule has 3 heteroatoms. The number of anilines is 1. The Morgan fingerprint density at radius 3 is 2.43 bits per heavy atom. The third-order valence-corrected chi connectivity index (χ3v) is 4.71. The molecule has 0 heterocycles. The van der Waals surface area contributed by atoms with Gasteiger partial charge in [-0.2, -0.15) is 0 Å². The molecule has 1 amide bonds. The first kappa shape index (κ1) is 16.0. The molecule has 1 aliphatic carbocycles. The second-order valence-electron chi connectivity index (χ2n) is 6.30. The number of aryl methyl sites for hydroxylation is 1. The van der Waals surface area contributed by atoms with Crippen LogP contribution in [0.2, 0.25) is 0 Å². The zero-order valence-electron chi connectivity index (χ0n) is 13.2. The zero-order chi connectivity index (χ0) is 15.1. The van der Waals surface area contributed by atoms with Gasteiger partial charge in [0.15, 0.2) is 0 Å². The summed E-state index contributed by atoms with van der Waals surface area (Å²) in [4.78, 5) is 12.6. The molecule has 3 nitrogen and oxygen atoms in total. The molecule has 116 valence electrons. The van der Waals surface area contributed by atoms with Crippen molar-refractivity contribution in [2.24, 2.45) is 11.1 Å². The molecule has 0 saturated heterocycles. The largest absolute Gasteiger partial charge is 0.329 e. The summed E-state index contributed by atoms with van der Waals surface area (Å²) >= 11 is 0. The molecule has 0 unspecified atom stereocenters. The van der Waals surface area contributed by atoms with Crippen LogP contribution >= 0.6 is 0 Å². The van der Waals surface area contributed by atoms with Crippen LogP contribution in [0.3, 0.4) is 0 Å². The van der Waals surface area contributed by atoms with Crippen LogP contribution in [0.1, 0.15) is 57.4 Å². The van der Waals surface area contributed by atoms with E-state index in [2.05, 4.69) is 24.4 Å². The highest BCUT2D eigenvalue weighted by molar-refractivity contribution is 5.95. The van der Waals surface area contributed by atoms with E-state index in [4.69, 9.17) is 5.73 Å². The first-order valence-corrected chi connectivity index (χ1v) is 8.31. The molecule has 3 N–H and O–H groups in total. The van der Waals surface area contributed by atoms with Crippen LogP contribution in [0.15, 0.2) is 24.3 Å². The van der Waals surface area contributed by atoms with Crippen LogP contribution in [-0.4, -0.2) is 12.5 Å². The fraction of sp³-hybridized carbons (Fsp3) is 0.611. The number of benzene rings is 1. The lowest BCUT2D eigenvalue weighted by Gasteiger charge is -2.34. The van der Waals surface area contributed by atoms with Crippen molar-refractivity contribution in [1.82, 2.24) is 0 Å². The third-order valence-electron chi connectivity index (χ3n) is 4.71. The van der Waals surface area contributed by atoms with Gasteiger partial charge in [-0.05, 0) is 43.4 Å². The molecule has 0 bridgehead atoms.